The molecule has 0 unspecified atom stereocenters. The largest absolute Gasteiger partial charge is 0.493 e. The van der Waals surface area contributed by atoms with Crippen LogP contribution in [0.1, 0.15) is 5.56 Å². The van der Waals surface area contributed by atoms with E-state index < -0.39 is 18.6 Å². The molecule has 6 heteroatoms. The normalized spacial score (nSPS) is 9.53. The van der Waals surface area contributed by atoms with E-state index in [-0.39, 0.29) is 5.75 Å². The molecule has 0 bridgehead atoms. The van der Waals surface area contributed by atoms with Crippen LogP contribution in [0.4, 0.5) is 4.79 Å². The van der Waals surface area contributed by atoms with Crippen LogP contribution in [-0.4, -0.2) is 30.8 Å². The van der Waals surface area contributed by atoms with Crippen molar-refractivity contribution in [2.24, 2.45) is 0 Å². The average Bonchev–Trinajstić information content (AvgIpc) is 2.28. The third kappa shape index (κ3) is 4.02. The molecule has 0 saturated heterocycles. The van der Waals surface area contributed by atoms with Gasteiger partial charge in [-0.05, 0) is 24.6 Å². The van der Waals surface area contributed by atoms with Gasteiger partial charge in [-0.1, -0.05) is 6.07 Å². The Balaban J connectivity index is 2.67. The summed E-state index contributed by atoms with van der Waals surface area (Å²) >= 11 is 0. The Morgan fingerprint density at radius 3 is 2.65 bits per heavy atom. The van der Waals surface area contributed by atoms with Crippen molar-refractivity contribution in [1.29, 1.82) is 0 Å². The Morgan fingerprint density at radius 2 is 2.06 bits per heavy atom. The maximum Gasteiger partial charge on any atom is 0.413 e. The van der Waals surface area contributed by atoms with Gasteiger partial charge in [0.2, 0.25) is 0 Å². The molecular weight excluding hydrogens is 226 g/mol. The zero-order valence-corrected chi connectivity index (χ0v) is 9.52. The highest BCUT2D eigenvalue weighted by atomic mass is 16.6. The number of carbonyl (C=O) groups is 2. The first-order valence-electron chi connectivity index (χ1n) is 4.85. The van der Waals surface area contributed by atoms with Gasteiger partial charge in [0.1, 0.15) is 6.54 Å². The number of aliphatic carboxylic acids is 1. The van der Waals surface area contributed by atoms with Crippen molar-refractivity contribution in [3.05, 3.63) is 23.8 Å². The first kappa shape index (κ1) is 12.8. The van der Waals surface area contributed by atoms with E-state index in [0.29, 0.717) is 5.75 Å². The monoisotopic (exact) mass is 239 g/mol. The number of nitrogens with one attached hydrogen (secondary N) is 1. The van der Waals surface area contributed by atoms with Gasteiger partial charge >= 0.3 is 12.1 Å². The maximum absolute atomic E-state index is 11.2. The summed E-state index contributed by atoms with van der Waals surface area (Å²) in [5, 5.41) is 10.5. The molecule has 0 heterocycles. The average molecular weight is 239 g/mol. The minimum Gasteiger partial charge on any atom is -0.493 e. The van der Waals surface area contributed by atoms with Crippen LogP contribution in [-0.2, 0) is 4.79 Å². The molecule has 6 nitrogen and oxygen atoms in total. The molecule has 0 aliphatic rings. The van der Waals surface area contributed by atoms with Gasteiger partial charge in [0.05, 0.1) is 7.11 Å². The van der Waals surface area contributed by atoms with E-state index in [9.17, 15) is 9.59 Å². The van der Waals surface area contributed by atoms with E-state index in [0.717, 1.165) is 5.56 Å². The molecule has 17 heavy (non-hydrogen) atoms. The Bertz CT molecular complexity index is 430. The highest BCUT2D eigenvalue weighted by molar-refractivity contribution is 5.78. The van der Waals surface area contributed by atoms with Crippen LogP contribution in [0.15, 0.2) is 18.2 Å². The van der Waals surface area contributed by atoms with E-state index in [4.69, 9.17) is 14.6 Å². The molecule has 1 amide bonds. The van der Waals surface area contributed by atoms with E-state index >= 15 is 0 Å². The van der Waals surface area contributed by atoms with Crippen LogP contribution >= 0.6 is 0 Å². The summed E-state index contributed by atoms with van der Waals surface area (Å²) in [6.45, 7) is 1.38. The lowest BCUT2D eigenvalue weighted by Gasteiger charge is -2.09. The fraction of sp³-hybridized carbons (Fsp3) is 0.273. The second kappa shape index (κ2) is 5.74. The summed E-state index contributed by atoms with van der Waals surface area (Å²) in [7, 11) is 1.46. The predicted octanol–water partition coefficient (Wildman–Crippen LogP) is 1.18. The third-order valence-corrected chi connectivity index (χ3v) is 1.91. The topological polar surface area (TPSA) is 84.9 Å². The van der Waals surface area contributed by atoms with Crippen LogP contribution in [0.5, 0.6) is 11.5 Å². The van der Waals surface area contributed by atoms with Crippen molar-refractivity contribution >= 4 is 12.1 Å². The van der Waals surface area contributed by atoms with Crippen LogP contribution < -0.4 is 14.8 Å². The number of hydrogen-bond donors (Lipinski definition) is 2. The zero-order chi connectivity index (χ0) is 12.8. The Hall–Kier alpha value is -2.24. The number of hydrogen-bond acceptors (Lipinski definition) is 4. The van der Waals surface area contributed by atoms with Gasteiger partial charge in [0.25, 0.3) is 0 Å². The lowest BCUT2D eigenvalue weighted by molar-refractivity contribution is -0.135. The molecule has 2 N–H and O–H groups in total. The number of carbonyl (C=O) groups excluding carboxylic acids is 1. The molecule has 0 aromatic heterocycles. The molecule has 0 spiro atoms. The molecule has 1 rings (SSSR count). The summed E-state index contributed by atoms with van der Waals surface area (Å²) in [5.41, 5.74) is 0.958. The zero-order valence-electron chi connectivity index (χ0n) is 9.52. The van der Waals surface area contributed by atoms with Crippen molar-refractivity contribution in [2.45, 2.75) is 6.92 Å². The fourth-order valence-electron chi connectivity index (χ4n) is 1.14. The number of carboxylic acids is 1. The molecular formula is C11H13NO5. The minimum atomic E-state index is -1.14. The van der Waals surface area contributed by atoms with Crippen LogP contribution in [0.25, 0.3) is 0 Å². The number of benzene rings is 1. The highest BCUT2D eigenvalue weighted by Crippen LogP contribution is 2.27. The second-order valence-electron chi connectivity index (χ2n) is 3.29. The quantitative estimate of drug-likeness (QED) is 0.824. The number of carboxylic acid groups (broad SMARTS) is 1. The van der Waals surface area contributed by atoms with Crippen molar-refractivity contribution < 1.29 is 24.2 Å². The van der Waals surface area contributed by atoms with E-state index in [1.807, 2.05) is 6.92 Å². The molecule has 1 aromatic rings. The lowest BCUT2D eigenvalue weighted by Crippen LogP contribution is -2.31. The molecule has 0 aliphatic heterocycles. The van der Waals surface area contributed by atoms with Crippen molar-refractivity contribution in [3.63, 3.8) is 0 Å². The summed E-state index contributed by atoms with van der Waals surface area (Å²) < 4.78 is 9.93. The molecule has 0 fully saturated rings. The van der Waals surface area contributed by atoms with Gasteiger partial charge in [0, 0.05) is 0 Å². The second-order valence-corrected chi connectivity index (χ2v) is 3.29. The summed E-state index contributed by atoms with van der Waals surface area (Å²) in [6.07, 6.45) is -0.838. The number of rotatable bonds is 4. The summed E-state index contributed by atoms with van der Waals surface area (Å²) in [4.78, 5) is 21.4. The summed E-state index contributed by atoms with van der Waals surface area (Å²) in [5.74, 6) is -0.491. The van der Waals surface area contributed by atoms with Gasteiger partial charge in [-0.15, -0.1) is 0 Å². The Labute approximate surface area is 98.2 Å². The lowest BCUT2D eigenvalue weighted by atomic mass is 10.2. The first-order valence-corrected chi connectivity index (χ1v) is 4.85. The van der Waals surface area contributed by atoms with Crippen LogP contribution in [0, 0.1) is 6.92 Å². The van der Waals surface area contributed by atoms with Gasteiger partial charge < -0.3 is 19.9 Å². The van der Waals surface area contributed by atoms with E-state index in [1.54, 1.807) is 18.2 Å². The van der Waals surface area contributed by atoms with Crippen molar-refractivity contribution in [3.8, 4) is 11.5 Å². The van der Waals surface area contributed by atoms with Gasteiger partial charge in [-0.2, -0.15) is 0 Å². The molecule has 0 aliphatic carbocycles. The summed E-state index contributed by atoms with van der Waals surface area (Å²) in [6, 6.07) is 5.04. The molecule has 0 radical (unpaired) electrons. The third-order valence-electron chi connectivity index (χ3n) is 1.91. The fourth-order valence-corrected chi connectivity index (χ4v) is 1.14. The van der Waals surface area contributed by atoms with Crippen molar-refractivity contribution in [1.82, 2.24) is 5.32 Å². The Morgan fingerprint density at radius 1 is 1.35 bits per heavy atom. The van der Waals surface area contributed by atoms with Gasteiger partial charge in [0.15, 0.2) is 11.5 Å². The molecule has 1 aromatic carbocycles. The van der Waals surface area contributed by atoms with E-state index in [2.05, 4.69) is 5.32 Å². The van der Waals surface area contributed by atoms with Gasteiger partial charge in [-0.3, -0.25) is 4.79 Å². The standard InChI is InChI=1S/C11H13NO5/c1-7-3-4-8(9(5-7)16-2)17-11(15)12-6-10(13)14/h3-5H,6H2,1-2H3,(H,12,15)(H,13,14). The number of methoxy groups -OCH3 is 1. The number of amides is 1. The van der Waals surface area contributed by atoms with Crippen LogP contribution in [0.3, 0.4) is 0 Å². The first-order chi connectivity index (χ1) is 8.02. The molecule has 0 atom stereocenters. The number of ether oxygens (including phenoxy) is 2. The highest BCUT2D eigenvalue weighted by Gasteiger charge is 2.10. The Kier molecular flexibility index (Phi) is 4.33. The number of aryl methyl sites for hydroxylation is 1. The smallest absolute Gasteiger partial charge is 0.413 e. The predicted molar refractivity (Wildman–Crippen MR) is 59.4 cm³/mol. The van der Waals surface area contributed by atoms with Crippen molar-refractivity contribution in [2.75, 3.05) is 13.7 Å². The molecule has 92 valence electrons. The molecule has 0 saturated carbocycles. The maximum atomic E-state index is 11.2. The SMILES string of the molecule is COc1cc(C)ccc1OC(=O)NCC(=O)O. The van der Waals surface area contributed by atoms with E-state index in [1.165, 1.54) is 7.11 Å². The van der Waals surface area contributed by atoms with Crippen LogP contribution in [0.2, 0.25) is 0 Å². The minimum absolute atomic E-state index is 0.237. The van der Waals surface area contributed by atoms with Gasteiger partial charge in [-0.25, -0.2) is 4.79 Å².